The summed E-state index contributed by atoms with van der Waals surface area (Å²) in [6.07, 6.45) is 20.4. The van der Waals surface area contributed by atoms with Crippen LogP contribution in [-0.2, 0) is 26.1 Å². The molecule has 0 saturated carbocycles. The van der Waals surface area contributed by atoms with Crippen molar-refractivity contribution in [3.63, 3.8) is 0 Å². The normalized spacial score (nSPS) is 14.1. The summed E-state index contributed by atoms with van der Waals surface area (Å²) < 4.78 is 18.0. The zero-order valence-electron chi connectivity index (χ0n) is 21.5. The van der Waals surface area contributed by atoms with E-state index in [0.29, 0.717) is 11.5 Å². The average Bonchev–Trinajstić information content (AvgIpc) is 3.26. The summed E-state index contributed by atoms with van der Waals surface area (Å²) in [5.41, 5.74) is 2.01. The number of aromatic nitrogens is 1. The molecule has 0 saturated heterocycles. The topological polar surface area (TPSA) is 82.3 Å². The highest BCUT2D eigenvalue weighted by molar-refractivity contribution is 5.94. The van der Waals surface area contributed by atoms with Crippen LogP contribution in [0.15, 0.2) is 115 Å². The Morgan fingerprint density at radius 1 is 1.19 bits per heavy atom. The molecule has 0 fully saturated rings. The van der Waals surface area contributed by atoms with Gasteiger partial charge < -0.3 is 23.9 Å². The van der Waals surface area contributed by atoms with Crippen LogP contribution in [0.3, 0.4) is 0 Å². The maximum atomic E-state index is 12.3. The number of aliphatic hydroxyl groups is 1. The van der Waals surface area contributed by atoms with E-state index < -0.39 is 6.10 Å². The molecule has 1 N–H and O–H groups in total. The summed E-state index contributed by atoms with van der Waals surface area (Å²) in [4.78, 5) is 16.3. The minimum atomic E-state index is -0.935. The summed E-state index contributed by atoms with van der Waals surface area (Å²) in [6, 6.07) is 8.04. The van der Waals surface area contributed by atoms with E-state index in [0.717, 1.165) is 16.5 Å². The van der Waals surface area contributed by atoms with Gasteiger partial charge in [-0.05, 0) is 41.3 Å². The molecule has 0 radical (unpaired) electrons. The van der Waals surface area contributed by atoms with Crippen LogP contribution in [0.25, 0.3) is 17.0 Å². The Kier molecular flexibility index (Phi) is 12.7. The molecule has 7 heteroatoms. The minimum absolute atomic E-state index is 0.0318. The summed E-state index contributed by atoms with van der Waals surface area (Å²) in [5, 5.41) is 11.4. The van der Waals surface area contributed by atoms with Crippen LogP contribution in [0, 0.1) is 0 Å². The Labute approximate surface area is 218 Å². The van der Waals surface area contributed by atoms with E-state index in [1.54, 1.807) is 54.9 Å². The van der Waals surface area contributed by atoms with Gasteiger partial charge in [0.15, 0.2) is 5.78 Å². The molecule has 194 valence electrons. The molecule has 2 rings (SSSR count). The van der Waals surface area contributed by atoms with E-state index in [2.05, 4.69) is 11.6 Å². The van der Waals surface area contributed by atoms with Crippen LogP contribution in [0.4, 0.5) is 0 Å². The van der Waals surface area contributed by atoms with Crippen LogP contribution >= 0.6 is 0 Å². The van der Waals surface area contributed by atoms with Gasteiger partial charge in [-0.25, -0.2) is 0 Å². The molecule has 1 unspecified atom stereocenters. The number of aryl methyl sites for hydroxylation is 1. The molecular weight excluding hydrogens is 468 g/mol. The fourth-order valence-electron chi connectivity index (χ4n) is 3.13. The minimum Gasteiger partial charge on any atom is -0.504 e. The first-order chi connectivity index (χ1) is 18.0. The van der Waals surface area contributed by atoms with Crippen molar-refractivity contribution < 1.29 is 24.1 Å². The number of benzene rings is 1. The number of aliphatic imine (C=N–C) groups is 1. The summed E-state index contributed by atoms with van der Waals surface area (Å²) >= 11 is 0. The molecule has 1 aromatic carbocycles. The number of fused-ring (bicyclic) bond motifs is 1. The Hall–Kier alpha value is -4.36. The van der Waals surface area contributed by atoms with Crippen molar-refractivity contribution in [2.24, 2.45) is 12.0 Å². The number of hydrogen-bond acceptors (Lipinski definition) is 6. The highest BCUT2D eigenvalue weighted by Crippen LogP contribution is 2.17. The molecule has 0 aliphatic rings. The van der Waals surface area contributed by atoms with Crippen LogP contribution in [0.5, 0.6) is 0 Å². The van der Waals surface area contributed by atoms with Crippen molar-refractivity contribution in [1.29, 1.82) is 0 Å². The van der Waals surface area contributed by atoms with Crippen LogP contribution in [0.2, 0.25) is 0 Å². The van der Waals surface area contributed by atoms with Gasteiger partial charge in [0.2, 0.25) is 0 Å². The molecule has 0 bridgehead atoms. The lowest BCUT2D eigenvalue weighted by Crippen LogP contribution is -2.08. The second kappa shape index (κ2) is 16.3. The fourth-order valence-corrected chi connectivity index (χ4v) is 3.13. The highest BCUT2D eigenvalue weighted by atomic mass is 16.5. The summed E-state index contributed by atoms with van der Waals surface area (Å²) in [6.45, 7) is 3.81. The van der Waals surface area contributed by atoms with Gasteiger partial charge in [-0.15, -0.1) is 0 Å². The van der Waals surface area contributed by atoms with E-state index in [4.69, 9.17) is 14.2 Å². The van der Waals surface area contributed by atoms with Gasteiger partial charge in [0.05, 0.1) is 26.6 Å². The van der Waals surface area contributed by atoms with Crippen molar-refractivity contribution in [3.8, 4) is 0 Å². The molecular formula is C30H34N2O5. The van der Waals surface area contributed by atoms with E-state index >= 15 is 0 Å². The zero-order valence-corrected chi connectivity index (χ0v) is 21.5. The second-order valence-electron chi connectivity index (χ2n) is 7.78. The highest BCUT2D eigenvalue weighted by Gasteiger charge is 2.05. The van der Waals surface area contributed by atoms with Gasteiger partial charge in [0, 0.05) is 49.7 Å². The number of hydrogen-bond donors (Lipinski definition) is 1. The van der Waals surface area contributed by atoms with Crippen LogP contribution in [0.1, 0.15) is 12.0 Å². The number of ketones is 1. The standard InChI is InChI=1S/C30H34N2O5/c1-5-6-16-31-17-20-37-29(15-19-35-3)23-28(36-4)9-7-8-26(33)22-27(34)13-11-24-10-12-25-14-18-32(2)30(25)21-24/h5-19,21,23,26,33H,1,20,22H2,2-4H3/b8-7+,13-11+,16-6-,19-15+,28-9-,29-23+,31-17+. The largest absolute Gasteiger partial charge is 0.504 e. The molecule has 7 nitrogen and oxygen atoms in total. The number of ether oxygens (including phenoxy) is 3. The molecule has 1 atom stereocenters. The van der Waals surface area contributed by atoms with Gasteiger partial charge >= 0.3 is 0 Å². The van der Waals surface area contributed by atoms with Crippen molar-refractivity contribution in [2.75, 3.05) is 20.8 Å². The molecule has 0 spiro atoms. The first kappa shape index (κ1) is 28.9. The van der Waals surface area contributed by atoms with Gasteiger partial charge in [0.25, 0.3) is 0 Å². The molecule has 0 aliphatic carbocycles. The molecule has 0 aliphatic heterocycles. The number of carbonyl (C=O) groups excluding carboxylic acids is 1. The Morgan fingerprint density at radius 3 is 2.78 bits per heavy atom. The van der Waals surface area contributed by atoms with Crippen molar-refractivity contribution in [2.45, 2.75) is 12.5 Å². The van der Waals surface area contributed by atoms with Crippen molar-refractivity contribution >= 4 is 29.0 Å². The molecule has 1 heterocycles. The number of carbonyl (C=O) groups is 1. The molecule has 2 aromatic rings. The quantitative estimate of drug-likeness (QED) is 0.152. The average molecular weight is 503 g/mol. The third kappa shape index (κ3) is 10.8. The fraction of sp³-hybridized carbons (Fsp3) is 0.200. The van der Waals surface area contributed by atoms with Gasteiger partial charge in [-0.3, -0.25) is 9.79 Å². The number of allylic oxidation sites excluding steroid dienone is 7. The molecule has 0 amide bonds. The predicted octanol–water partition coefficient (Wildman–Crippen LogP) is 5.43. The Balaban J connectivity index is 1.95. The van der Waals surface area contributed by atoms with Crippen LogP contribution in [-0.4, -0.2) is 48.6 Å². The summed E-state index contributed by atoms with van der Waals surface area (Å²) in [7, 11) is 5.03. The van der Waals surface area contributed by atoms with Gasteiger partial charge in [-0.2, -0.15) is 0 Å². The number of aliphatic hydroxyl groups excluding tert-OH is 1. The van der Waals surface area contributed by atoms with Crippen molar-refractivity contribution in [1.82, 2.24) is 4.57 Å². The van der Waals surface area contributed by atoms with Gasteiger partial charge in [-0.1, -0.05) is 43.0 Å². The first-order valence-electron chi connectivity index (χ1n) is 11.7. The SMILES string of the molecule is C=C/C=C\N=C\COC(/C=C/OC)=C/C(=C/C=C/C(O)CC(=O)/C=C/c1ccc2ccn(C)c2c1)OC. The second-order valence-corrected chi connectivity index (χ2v) is 7.78. The Bertz CT molecular complexity index is 1240. The lowest BCUT2D eigenvalue weighted by molar-refractivity contribution is -0.115. The third-order valence-electron chi connectivity index (χ3n) is 5.00. The van der Waals surface area contributed by atoms with Crippen molar-refractivity contribution in [3.05, 3.63) is 115 Å². The summed E-state index contributed by atoms with van der Waals surface area (Å²) in [5.74, 6) is 0.784. The smallest absolute Gasteiger partial charge is 0.158 e. The van der Waals surface area contributed by atoms with E-state index in [1.165, 1.54) is 32.6 Å². The maximum Gasteiger partial charge on any atom is 0.158 e. The number of methoxy groups -OCH3 is 2. The van der Waals surface area contributed by atoms with E-state index in [9.17, 15) is 9.90 Å². The van der Waals surface area contributed by atoms with Gasteiger partial charge in [0.1, 0.15) is 18.1 Å². The third-order valence-corrected chi connectivity index (χ3v) is 5.00. The van der Waals surface area contributed by atoms with E-state index in [1.807, 2.05) is 42.1 Å². The maximum absolute atomic E-state index is 12.3. The lowest BCUT2D eigenvalue weighted by atomic mass is 10.1. The molecule has 37 heavy (non-hydrogen) atoms. The van der Waals surface area contributed by atoms with Crippen LogP contribution < -0.4 is 0 Å². The number of rotatable bonds is 15. The Morgan fingerprint density at radius 2 is 2.03 bits per heavy atom. The zero-order chi connectivity index (χ0) is 26.9. The first-order valence-corrected chi connectivity index (χ1v) is 11.7. The predicted molar refractivity (Wildman–Crippen MR) is 150 cm³/mol. The van der Waals surface area contributed by atoms with E-state index in [-0.39, 0.29) is 18.8 Å². The lowest BCUT2D eigenvalue weighted by Gasteiger charge is -2.06. The molecule has 1 aromatic heterocycles. The monoisotopic (exact) mass is 502 g/mol. The number of nitrogens with zero attached hydrogens (tertiary/aromatic N) is 2.